The Kier molecular flexibility index (Phi) is 10.4. The van der Waals surface area contributed by atoms with Gasteiger partial charge in [0.15, 0.2) is 0 Å². The molecule has 0 aromatic heterocycles. The molecular weight excluding hydrogens is 1190 g/mol. The maximum Gasteiger partial charge on any atom is 0.0595 e. The van der Waals surface area contributed by atoms with E-state index in [0.29, 0.717) is 0 Å². The number of benzene rings is 15. The highest BCUT2D eigenvalue weighted by Gasteiger charge is 2.54. The van der Waals surface area contributed by atoms with Gasteiger partial charge in [0.05, 0.1) is 91.3 Å². The van der Waals surface area contributed by atoms with E-state index in [0.717, 1.165) is 102 Å². The van der Waals surface area contributed by atoms with Crippen molar-refractivity contribution in [3.8, 4) is 0 Å². The molecule has 452 valence electrons. The predicted molar refractivity (Wildman–Crippen MR) is 410 cm³/mol. The van der Waals surface area contributed by atoms with Crippen LogP contribution in [0.3, 0.4) is 0 Å². The fourth-order valence-electron chi connectivity index (χ4n) is 17.5. The van der Waals surface area contributed by atoms with Gasteiger partial charge in [0.25, 0.3) is 0 Å². The van der Waals surface area contributed by atoms with Gasteiger partial charge in [-0.3, -0.25) is 0 Å². The SMILES string of the molecule is Cc1ccc(N2c3cc4c5c(c3)N3c6cc(cc7c6P5(=S)c5c6cc(cc5N4c4ccc(C)c5cc8c(C)ccc2c8cc45)N(c2ccc(C)cc2)c2ccc(C)c4cc5c(C)ccc(c5cc24)N67)N(c2ccc(C)cc2)c2ccc(C)c4cc5c(C)ccc3c5cc24)cc1. The minimum absolute atomic E-state index is 1.06. The number of nitrogens with zero attached hydrogens (tertiary/aromatic N) is 6. The number of rotatable bonds is 3. The lowest BCUT2D eigenvalue weighted by atomic mass is 9.92. The number of hydrogen-bond acceptors (Lipinski definition) is 7. The largest absolute Gasteiger partial charge is 0.310 e. The summed E-state index contributed by atoms with van der Waals surface area (Å²) in [6.07, 6.45) is 0. The van der Waals surface area contributed by atoms with Crippen molar-refractivity contribution >= 4 is 201 Å². The molecule has 15 aromatic rings. The van der Waals surface area contributed by atoms with Crippen molar-refractivity contribution < 1.29 is 0 Å². The molecule has 0 amide bonds. The van der Waals surface area contributed by atoms with Gasteiger partial charge >= 0.3 is 0 Å². The van der Waals surface area contributed by atoms with Crippen molar-refractivity contribution in [1.29, 1.82) is 0 Å². The average molecular weight is 1260 g/mol. The van der Waals surface area contributed by atoms with Crippen molar-refractivity contribution in [3.63, 3.8) is 0 Å². The molecule has 21 rings (SSSR count). The minimum Gasteiger partial charge on any atom is -0.310 e. The second kappa shape index (κ2) is 18.4. The van der Waals surface area contributed by atoms with E-state index in [2.05, 4.69) is 310 Å². The summed E-state index contributed by atoms with van der Waals surface area (Å²) in [5.41, 5.74) is 31.0. The second-order valence-electron chi connectivity index (χ2n) is 27.9. The minimum atomic E-state index is -3.21. The van der Waals surface area contributed by atoms with E-state index in [9.17, 15) is 0 Å². The molecule has 0 atom stereocenters. The van der Waals surface area contributed by atoms with Crippen LogP contribution in [0.1, 0.15) is 50.1 Å². The molecule has 0 saturated carbocycles. The van der Waals surface area contributed by atoms with Gasteiger partial charge < -0.3 is 29.4 Å². The van der Waals surface area contributed by atoms with Crippen LogP contribution in [0.15, 0.2) is 218 Å². The highest BCUT2D eigenvalue weighted by Crippen LogP contribution is 2.71. The molecule has 6 heterocycles. The first-order valence-electron chi connectivity index (χ1n) is 33.2. The lowest BCUT2D eigenvalue weighted by molar-refractivity contribution is 1.20. The van der Waals surface area contributed by atoms with Crippen LogP contribution in [0.2, 0.25) is 0 Å². The van der Waals surface area contributed by atoms with Crippen LogP contribution in [-0.2, 0) is 11.8 Å². The molecule has 0 N–H and O–H groups in total. The van der Waals surface area contributed by atoms with Gasteiger partial charge in [0, 0.05) is 65.3 Å². The maximum absolute atomic E-state index is 8.32. The lowest BCUT2D eigenvalue weighted by Gasteiger charge is -2.53. The Bertz CT molecular complexity index is 5610. The fraction of sp³-hybridized carbons (Fsp3) is 0.103. The standard InChI is InChI=1S/C87H63N6PS/c1-46-10-22-55(23-11-46)88-58-34-79-85-82(37-58)92-77-32-20-53(8)65-41-62-50(5)17-29-74(68(62)44-71(65)77)89(56-24-12-47(2)13-25-56)59-35-80(92)86-84(39-59)93-78-33-21-54(9)66-42-63-51(6)18-30-75(69(63)45-72(66)78)90(57-26-14-48(3)15-27-57)60-36-81(93)87(94(85,86)95)83(38-60)91(79)76-31-19-52(7)64-40-61-49(4)16-28-73(88)67(61)43-70(64)76/h10-45H,1-9H3. The van der Waals surface area contributed by atoms with Gasteiger partial charge in [-0.05, 0) is 274 Å². The van der Waals surface area contributed by atoms with Gasteiger partial charge in [0.2, 0.25) is 0 Å². The zero-order valence-electron chi connectivity index (χ0n) is 54.3. The molecule has 0 spiro atoms. The fourth-order valence-corrected chi connectivity index (χ4v) is 22.8. The van der Waals surface area contributed by atoms with Gasteiger partial charge in [-0.15, -0.1) is 0 Å². The van der Waals surface area contributed by atoms with Crippen LogP contribution in [-0.4, -0.2) is 0 Å². The molecule has 6 aliphatic rings. The Hall–Kier alpha value is -10.7. The molecule has 12 bridgehead atoms. The highest BCUT2D eigenvalue weighted by molar-refractivity contribution is 8.26. The van der Waals surface area contributed by atoms with Gasteiger partial charge in [-0.1, -0.05) is 101 Å². The summed E-state index contributed by atoms with van der Waals surface area (Å²) in [6, 6.07) is 83.0. The van der Waals surface area contributed by atoms with Crippen LogP contribution in [0.25, 0.3) is 64.6 Å². The van der Waals surface area contributed by atoms with Crippen molar-refractivity contribution in [2.24, 2.45) is 0 Å². The monoisotopic (exact) mass is 1250 g/mol. The quantitative estimate of drug-likeness (QED) is 0.128. The first kappa shape index (κ1) is 53.8. The summed E-state index contributed by atoms with van der Waals surface area (Å²) in [7, 11) is 0. The van der Waals surface area contributed by atoms with E-state index in [1.165, 1.54) is 131 Å². The summed E-state index contributed by atoms with van der Waals surface area (Å²) in [6.45, 7) is 20.3. The Morgan fingerprint density at radius 1 is 0.189 bits per heavy atom. The molecule has 8 heteroatoms. The molecule has 0 radical (unpaired) electrons. The Morgan fingerprint density at radius 2 is 0.379 bits per heavy atom. The third-order valence-corrected chi connectivity index (χ3v) is 27.2. The van der Waals surface area contributed by atoms with Gasteiger partial charge in [-0.2, -0.15) is 0 Å². The third-order valence-electron chi connectivity index (χ3n) is 22.3. The van der Waals surface area contributed by atoms with Crippen molar-refractivity contribution in [1.82, 2.24) is 0 Å². The van der Waals surface area contributed by atoms with E-state index in [1.54, 1.807) is 0 Å². The topological polar surface area (TPSA) is 19.4 Å². The van der Waals surface area contributed by atoms with Crippen LogP contribution in [0.5, 0.6) is 0 Å². The summed E-state index contributed by atoms with van der Waals surface area (Å²) >= 11 is 8.32. The zero-order chi connectivity index (χ0) is 63.7. The van der Waals surface area contributed by atoms with Crippen molar-refractivity contribution in [2.45, 2.75) is 62.3 Å². The molecule has 95 heavy (non-hydrogen) atoms. The lowest BCUT2D eigenvalue weighted by Crippen LogP contribution is -2.48. The van der Waals surface area contributed by atoms with E-state index in [-0.39, 0.29) is 0 Å². The van der Waals surface area contributed by atoms with E-state index in [1.807, 2.05) is 0 Å². The second-order valence-corrected chi connectivity index (χ2v) is 32.1. The number of anilines is 18. The van der Waals surface area contributed by atoms with E-state index < -0.39 is 6.04 Å². The number of hydrogen-bond donors (Lipinski definition) is 0. The first-order valence-corrected chi connectivity index (χ1v) is 36.0. The Morgan fingerprint density at radius 3 is 0.589 bits per heavy atom. The van der Waals surface area contributed by atoms with Gasteiger partial charge in [-0.25, -0.2) is 0 Å². The molecule has 0 unspecified atom stereocenters. The molecule has 6 nitrogen and oxygen atoms in total. The highest BCUT2D eigenvalue weighted by atomic mass is 32.4. The van der Waals surface area contributed by atoms with Gasteiger partial charge in [0.1, 0.15) is 0 Å². The van der Waals surface area contributed by atoms with Crippen LogP contribution in [0, 0.1) is 62.3 Å². The van der Waals surface area contributed by atoms with E-state index in [4.69, 9.17) is 11.8 Å². The summed E-state index contributed by atoms with van der Waals surface area (Å²) in [4.78, 5) is 15.7. The number of aryl methyl sites for hydroxylation is 9. The third kappa shape index (κ3) is 6.86. The molecular formula is C87H63N6PS. The van der Waals surface area contributed by atoms with Crippen LogP contribution >= 0.6 is 6.04 Å². The van der Waals surface area contributed by atoms with E-state index >= 15 is 0 Å². The summed E-state index contributed by atoms with van der Waals surface area (Å²) in [5, 5.41) is 18.3. The summed E-state index contributed by atoms with van der Waals surface area (Å²) < 4.78 is 0. The normalized spacial score (nSPS) is 14.6. The van der Waals surface area contributed by atoms with Crippen LogP contribution < -0.4 is 45.3 Å². The molecule has 0 fully saturated rings. The summed E-state index contributed by atoms with van der Waals surface area (Å²) in [5.74, 6) is 0. The zero-order valence-corrected chi connectivity index (χ0v) is 56.0. The molecule has 0 aliphatic carbocycles. The Labute approximate surface area is 557 Å². The maximum atomic E-state index is 8.32. The smallest absolute Gasteiger partial charge is 0.0595 e. The molecule has 0 saturated heterocycles. The predicted octanol–water partition coefficient (Wildman–Crippen LogP) is 23.8. The average Bonchev–Trinajstić information content (AvgIpc) is 0.652. The molecule has 15 aromatic carbocycles. The van der Waals surface area contributed by atoms with Crippen molar-refractivity contribution in [2.75, 3.05) is 29.4 Å². The first-order chi connectivity index (χ1) is 46.2. The number of fused-ring (bicyclic) bond motifs is 9. The van der Waals surface area contributed by atoms with Crippen molar-refractivity contribution in [3.05, 3.63) is 268 Å². The van der Waals surface area contributed by atoms with Crippen LogP contribution in [0.4, 0.5) is 102 Å². The molecule has 6 aliphatic heterocycles. The Balaban J connectivity index is 1.02.